The summed E-state index contributed by atoms with van der Waals surface area (Å²) in [5.74, 6) is -0.526. The molecule has 0 aromatic heterocycles. The molecule has 1 saturated heterocycles. The molecule has 5 heteroatoms. The number of hydrogen-bond donors (Lipinski definition) is 0. The van der Waals surface area contributed by atoms with E-state index < -0.39 is 14.1 Å². The van der Waals surface area contributed by atoms with Crippen molar-refractivity contribution in [2.75, 3.05) is 6.61 Å². The molecule has 1 aliphatic heterocycles. The van der Waals surface area contributed by atoms with Gasteiger partial charge >= 0.3 is 0 Å². The number of ether oxygens (including phenoxy) is 2. The molecule has 0 N–H and O–H groups in total. The van der Waals surface area contributed by atoms with Crippen molar-refractivity contribution < 1.29 is 13.9 Å². The van der Waals surface area contributed by atoms with Crippen molar-refractivity contribution in [3.8, 4) is 0 Å². The van der Waals surface area contributed by atoms with Gasteiger partial charge in [-0.15, -0.1) is 0 Å². The predicted molar refractivity (Wildman–Crippen MR) is 90.1 cm³/mol. The predicted octanol–water partition coefficient (Wildman–Crippen LogP) is 4.48. The molecule has 0 amide bonds. The van der Waals surface area contributed by atoms with E-state index in [1.165, 1.54) is 0 Å². The van der Waals surface area contributed by atoms with Crippen molar-refractivity contribution in [3.63, 3.8) is 0 Å². The van der Waals surface area contributed by atoms with Gasteiger partial charge in [-0.05, 0) is 42.1 Å². The van der Waals surface area contributed by atoms with Gasteiger partial charge in [0.15, 0.2) is 14.1 Å². The second-order valence-electron chi connectivity index (χ2n) is 7.03. The lowest BCUT2D eigenvalue weighted by Crippen LogP contribution is -2.43. The van der Waals surface area contributed by atoms with E-state index in [9.17, 15) is 0 Å². The minimum atomic E-state index is -1.73. The average Bonchev–Trinajstić information content (AvgIpc) is 2.49. The maximum Gasteiger partial charge on any atom is 0.192 e. The van der Waals surface area contributed by atoms with E-state index in [4.69, 9.17) is 13.9 Å². The molecule has 0 spiro atoms. The van der Waals surface area contributed by atoms with Gasteiger partial charge in [-0.2, -0.15) is 0 Å². The van der Waals surface area contributed by atoms with E-state index in [-0.39, 0.29) is 17.2 Å². The summed E-state index contributed by atoms with van der Waals surface area (Å²) >= 11 is 2.21. The lowest BCUT2D eigenvalue weighted by molar-refractivity contribution is -0.145. The van der Waals surface area contributed by atoms with Crippen LogP contribution in [-0.2, 0) is 13.9 Å². The maximum absolute atomic E-state index is 6.25. The van der Waals surface area contributed by atoms with Crippen molar-refractivity contribution in [1.29, 1.82) is 0 Å². The van der Waals surface area contributed by atoms with E-state index in [0.29, 0.717) is 6.61 Å². The second-order valence-corrected chi connectivity index (χ2v) is 12.6. The van der Waals surface area contributed by atoms with Gasteiger partial charge in [0, 0.05) is 0 Å². The molecule has 0 aromatic carbocycles. The van der Waals surface area contributed by atoms with Gasteiger partial charge in [0.1, 0.15) is 12.2 Å². The van der Waals surface area contributed by atoms with E-state index in [2.05, 4.69) is 56.5 Å². The fourth-order valence-corrected chi connectivity index (χ4v) is 3.16. The number of rotatable bonds is 4. The quantitative estimate of drug-likeness (QED) is 0.516. The van der Waals surface area contributed by atoms with Gasteiger partial charge in [0.05, 0.1) is 6.61 Å². The summed E-state index contributed by atoms with van der Waals surface area (Å²) in [6.45, 7) is 15.8. The summed E-state index contributed by atoms with van der Waals surface area (Å²) in [7, 11) is -1.73. The lowest BCUT2D eigenvalue weighted by atomic mass is 10.2. The molecular formula is C14H27IO3Si. The Morgan fingerprint density at radius 2 is 1.84 bits per heavy atom. The smallest absolute Gasteiger partial charge is 0.192 e. The molecule has 112 valence electrons. The highest BCUT2D eigenvalue weighted by Gasteiger charge is 2.43. The molecule has 1 aliphatic rings. The Balaban J connectivity index is 2.66. The first-order valence-electron chi connectivity index (χ1n) is 6.75. The summed E-state index contributed by atoms with van der Waals surface area (Å²) in [5.41, 5.74) is 0. The van der Waals surface area contributed by atoms with Gasteiger partial charge in [0.25, 0.3) is 0 Å². The Morgan fingerprint density at radius 1 is 1.26 bits per heavy atom. The highest BCUT2D eigenvalue weighted by molar-refractivity contribution is 14.1. The molecule has 0 aromatic rings. The molecule has 3 nitrogen and oxygen atoms in total. The average molecular weight is 398 g/mol. The van der Waals surface area contributed by atoms with Gasteiger partial charge in [-0.1, -0.05) is 43.4 Å². The topological polar surface area (TPSA) is 27.7 Å². The van der Waals surface area contributed by atoms with Crippen molar-refractivity contribution in [2.24, 2.45) is 0 Å². The summed E-state index contributed by atoms with van der Waals surface area (Å²) < 4.78 is 20.0. The normalized spacial score (nSPS) is 28.2. The van der Waals surface area contributed by atoms with Crippen LogP contribution in [0.5, 0.6) is 0 Å². The first-order chi connectivity index (χ1) is 8.48. The van der Waals surface area contributed by atoms with E-state index in [1.807, 2.05) is 24.0 Å². The highest BCUT2D eigenvalue weighted by atomic mass is 127. The molecule has 0 radical (unpaired) electrons. The Labute approximate surface area is 132 Å². The fourth-order valence-electron chi connectivity index (χ4n) is 1.73. The SMILES string of the molecule is CC1(C)O[C@H](/C=C/I)[C@@H](CO[Si](C)(C)C(C)(C)C)O1. The summed E-state index contributed by atoms with van der Waals surface area (Å²) in [4.78, 5) is 0. The van der Waals surface area contributed by atoms with Crippen LogP contribution in [-0.4, -0.2) is 32.9 Å². The summed E-state index contributed by atoms with van der Waals surface area (Å²) in [5, 5.41) is 0.219. The Kier molecular flexibility index (Phi) is 5.69. The monoisotopic (exact) mass is 398 g/mol. The largest absolute Gasteiger partial charge is 0.414 e. The van der Waals surface area contributed by atoms with Crippen LogP contribution in [0.4, 0.5) is 0 Å². The van der Waals surface area contributed by atoms with E-state index in [1.54, 1.807) is 0 Å². The lowest BCUT2D eigenvalue weighted by Gasteiger charge is -2.37. The molecule has 0 unspecified atom stereocenters. The zero-order chi connectivity index (χ0) is 14.9. The Morgan fingerprint density at radius 3 is 2.32 bits per heavy atom. The molecule has 0 saturated carbocycles. The number of halogens is 1. The third-order valence-electron chi connectivity index (χ3n) is 3.90. The minimum Gasteiger partial charge on any atom is -0.414 e. The van der Waals surface area contributed by atoms with Crippen LogP contribution in [0.15, 0.2) is 10.2 Å². The molecule has 1 rings (SSSR count). The third-order valence-corrected chi connectivity index (χ3v) is 8.81. The molecule has 2 atom stereocenters. The highest BCUT2D eigenvalue weighted by Crippen LogP contribution is 2.37. The van der Waals surface area contributed by atoms with Gasteiger partial charge in [0.2, 0.25) is 0 Å². The van der Waals surface area contributed by atoms with Gasteiger partial charge in [-0.3, -0.25) is 0 Å². The molecule has 19 heavy (non-hydrogen) atoms. The molecule has 0 aliphatic carbocycles. The van der Waals surface area contributed by atoms with Crippen LogP contribution < -0.4 is 0 Å². The summed E-state index contributed by atoms with van der Waals surface area (Å²) in [6, 6.07) is 0. The van der Waals surface area contributed by atoms with Crippen LogP contribution in [0.2, 0.25) is 18.1 Å². The standard InChI is InChI=1S/C14H27IO3Si/c1-13(2,3)19(6,7)16-10-12-11(8-9-15)17-14(4,5)18-12/h8-9,11-12H,10H2,1-7H3/b9-8+/t11-,12-/m1/s1. The maximum atomic E-state index is 6.25. The van der Waals surface area contributed by atoms with Crippen LogP contribution in [0.3, 0.4) is 0 Å². The summed E-state index contributed by atoms with van der Waals surface area (Å²) in [6.07, 6.45) is 2.00. The van der Waals surface area contributed by atoms with Crippen molar-refractivity contribution >= 4 is 30.9 Å². The Bertz CT molecular complexity index is 334. The molecule has 1 fully saturated rings. The van der Waals surface area contributed by atoms with Crippen LogP contribution in [0.25, 0.3) is 0 Å². The molecular weight excluding hydrogens is 371 g/mol. The van der Waals surface area contributed by atoms with Crippen LogP contribution in [0, 0.1) is 0 Å². The van der Waals surface area contributed by atoms with Gasteiger partial charge < -0.3 is 13.9 Å². The zero-order valence-electron chi connectivity index (χ0n) is 13.1. The van der Waals surface area contributed by atoms with Crippen LogP contribution in [0.1, 0.15) is 34.6 Å². The van der Waals surface area contributed by atoms with Crippen molar-refractivity contribution in [2.45, 2.75) is 70.7 Å². The number of hydrogen-bond acceptors (Lipinski definition) is 3. The van der Waals surface area contributed by atoms with Crippen LogP contribution >= 0.6 is 22.6 Å². The molecule has 0 bridgehead atoms. The molecule has 1 heterocycles. The third kappa shape index (κ3) is 4.80. The minimum absolute atomic E-state index is 0.0170. The van der Waals surface area contributed by atoms with Crippen molar-refractivity contribution in [1.82, 2.24) is 0 Å². The van der Waals surface area contributed by atoms with E-state index in [0.717, 1.165) is 0 Å². The fraction of sp³-hybridized carbons (Fsp3) is 0.857. The van der Waals surface area contributed by atoms with Gasteiger partial charge in [-0.25, -0.2) is 0 Å². The van der Waals surface area contributed by atoms with E-state index >= 15 is 0 Å². The zero-order valence-corrected chi connectivity index (χ0v) is 16.3. The van der Waals surface area contributed by atoms with Crippen molar-refractivity contribution in [3.05, 3.63) is 10.2 Å². The Hall–Kier alpha value is 0.567. The second kappa shape index (κ2) is 6.13. The first kappa shape index (κ1) is 17.6. The first-order valence-corrected chi connectivity index (χ1v) is 10.9.